The van der Waals surface area contributed by atoms with Crippen molar-refractivity contribution >= 4 is 51.4 Å². The number of nitrogens with two attached hydrogens (primary N) is 1. The summed E-state index contributed by atoms with van der Waals surface area (Å²) in [5.74, 6) is 6.09. The Bertz CT molecular complexity index is 699. The van der Waals surface area contributed by atoms with Crippen molar-refractivity contribution < 1.29 is 8.60 Å². The third-order valence-corrected chi connectivity index (χ3v) is 5.26. The molecule has 136 valence electrons. The van der Waals surface area contributed by atoms with Gasteiger partial charge >= 0.3 is 0 Å². The molecule has 7 nitrogen and oxygen atoms in total. The first-order chi connectivity index (χ1) is 12.0. The Balaban J connectivity index is 2.01. The number of halogens is 1. The number of thiocarbonyl (C=S) groups is 1. The molecule has 0 unspecified atom stereocenters. The average molecular weight is 385 g/mol. The lowest BCUT2D eigenvalue weighted by Crippen LogP contribution is -2.38. The summed E-state index contributed by atoms with van der Waals surface area (Å²) in [6, 6.07) is 4.77. The molecule has 0 aliphatic carbocycles. The molecule has 0 amide bonds. The van der Waals surface area contributed by atoms with E-state index in [2.05, 4.69) is 20.7 Å². The molecule has 1 fully saturated rings. The average Bonchev–Trinajstić information content (AvgIpc) is 2.62. The van der Waals surface area contributed by atoms with Crippen molar-refractivity contribution in [2.24, 2.45) is 15.9 Å². The zero-order valence-electron chi connectivity index (χ0n) is 13.9. The number of benzene rings is 1. The lowest BCUT2D eigenvalue weighted by Gasteiger charge is -2.28. The zero-order chi connectivity index (χ0) is 18.2. The highest BCUT2D eigenvalue weighted by molar-refractivity contribution is 7.85. The van der Waals surface area contributed by atoms with Crippen LogP contribution in [-0.4, -0.2) is 59.4 Å². The largest absolute Gasteiger partial charge is 0.367 e. The molecular formula is C15H21FN6OS2. The van der Waals surface area contributed by atoms with Gasteiger partial charge in [-0.3, -0.25) is 9.20 Å². The Morgan fingerprint density at radius 3 is 2.80 bits per heavy atom. The van der Waals surface area contributed by atoms with Crippen LogP contribution in [0.5, 0.6) is 0 Å². The van der Waals surface area contributed by atoms with E-state index in [0.29, 0.717) is 53.3 Å². The molecule has 0 bridgehead atoms. The van der Waals surface area contributed by atoms with Crippen molar-refractivity contribution in [1.82, 2.24) is 10.6 Å². The summed E-state index contributed by atoms with van der Waals surface area (Å²) in [6.07, 6.45) is 1.46. The molecule has 1 saturated heterocycles. The molecule has 0 aromatic heterocycles. The van der Waals surface area contributed by atoms with E-state index < -0.39 is 10.8 Å². The van der Waals surface area contributed by atoms with Gasteiger partial charge in [-0.15, -0.1) is 0 Å². The molecule has 1 aliphatic heterocycles. The molecule has 0 saturated carbocycles. The predicted octanol–water partition coefficient (Wildman–Crippen LogP) is 0.505. The minimum absolute atomic E-state index is 0.311. The standard InChI is InChI=1S/C15H21FN6OS2/c1-18-15(24)20-10-12(21-17)9-19-11-2-3-14(13(16)8-11)22-4-6-25(23)7-5-22/h2-3,8-9H,4-7,10,17H2,1H3,(H2,18,20,24). The van der Waals surface area contributed by atoms with E-state index in [0.717, 1.165) is 0 Å². The number of nitrogens with zero attached hydrogens (tertiary/aromatic N) is 3. The van der Waals surface area contributed by atoms with Crippen molar-refractivity contribution in [2.75, 3.05) is 43.1 Å². The second-order valence-electron chi connectivity index (χ2n) is 5.28. The zero-order valence-corrected chi connectivity index (χ0v) is 15.5. The first kappa shape index (κ1) is 19.3. The summed E-state index contributed by atoms with van der Waals surface area (Å²) in [7, 11) is 0.908. The summed E-state index contributed by atoms with van der Waals surface area (Å²) in [5, 5.41) is 9.75. The van der Waals surface area contributed by atoms with E-state index in [-0.39, 0.29) is 5.82 Å². The van der Waals surface area contributed by atoms with E-state index in [1.54, 1.807) is 19.2 Å². The van der Waals surface area contributed by atoms with Gasteiger partial charge in [-0.1, -0.05) is 0 Å². The Hall–Kier alpha value is -2.07. The summed E-state index contributed by atoms with van der Waals surface area (Å²) >= 11 is 4.96. The minimum Gasteiger partial charge on any atom is -0.367 e. The Morgan fingerprint density at radius 2 is 2.20 bits per heavy atom. The molecule has 4 N–H and O–H groups in total. The maximum Gasteiger partial charge on any atom is 0.166 e. The second-order valence-corrected chi connectivity index (χ2v) is 7.39. The van der Waals surface area contributed by atoms with Gasteiger partial charge in [0.05, 0.1) is 29.8 Å². The van der Waals surface area contributed by atoms with E-state index >= 15 is 0 Å². The maximum atomic E-state index is 14.4. The van der Waals surface area contributed by atoms with Crippen LogP contribution in [0.15, 0.2) is 28.3 Å². The maximum absolute atomic E-state index is 14.4. The first-order valence-corrected chi connectivity index (χ1v) is 9.59. The normalized spacial score (nSPS) is 16.2. The van der Waals surface area contributed by atoms with Crippen LogP contribution in [0.2, 0.25) is 0 Å². The van der Waals surface area contributed by atoms with E-state index in [1.807, 2.05) is 4.90 Å². The summed E-state index contributed by atoms with van der Waals surface area (Å²) in [4.78, 5) is 6.10. The molecule has 0 spiro atoms. The number of aliphatic imine (C=N–C) groups is 1. The van der Waals surface area contributed by atoms with Crippen LogP contribution >= 0.6 is 12.2 Å². The van der Waals surface area contributed by atoms with Gasteiger partial charge in [-0.2, -0.15) is 5.10 Å². The third kappa shape index (κ3) is 5.75. The van der Waals surface area contributed by atoms with E-state index in [9.17, 15) is 8.60 Å². The highest BCUT2D eigenvalue weighted by Crippen LogP contribution is 2.25. The fourth-order valence-electron chi connectivity index (χ4n) is 2.24. The van der Waals surface area contributed by atoms with E-state index in [1.165, 1.54) is 12.3 Å². The van der Waals surface area contributed by atoms with Crippen LogP contribution in [-0.2, 0) is 10.8 Å². The van der Waals surface area contributed by atoms with Crippen LogP contribution in [0.1, 0.15) is 0 Å². The highest BCUT2D eigenvalue weighted by atomic mass is 32.2. The van der Waals surface area contributed by atoms with Crippen LogP contribution in [0.4, 0.5) is 15.8 Å². The molecular weight excluding hydrogens is 363 g/mol. The quantitative estimate of drug-likeness (QED) is 0.296. The van der Waals surface area contributed by atoms with Crippen LogP contribution in [0, 0.1) is 5.82 Å². The topological polar surface area (TPSA) is 95.1 Å². The van der Waals surface area contributed by atoms with Crippen LogP contribution < -0.4 is 21.4 Å². The van der Waals surface area contributed by atoms with Crippen molar-refractivity contribution in [3.05, 3.63) is 24.0 Å². The molecule has 1 aromatic rings. The molecule has 1 aliphatic rings. The van der Waals surface area contributed by atoms with Crippen molar-refractivity contribution in [1.29, 1.82) is 0 Å². The van der Waals surface area contributed by atoms with Gasteiger partial charge in [0.15, 0.2) is 5.11 Å². The number of anilines is 1. The van der Waals surface area contributed by atoms with Gasteiger partial charge in [0.2, 0.25) is 0 Å². The summed E-state index contributed by atoms with van der Waals surface area (Å²) in [5.41, 5.74) is 1.43. The molecule has 1 heterocycles. The molecule has 0 atom stereocenters. The SMILES string of the molecule is CNC(=S)NCC(C=Nc1ccc(N2CCS(=O)CC2)c(F)c1)=NN. The molecule has 10 heteroatoms. The molecule has 1 aromatic carbocycles. The van der Waals surface area contributed by atoms with Gasteiger partial charge in [-0.05, 0) is 24.4 Å². The molecule has 0 radical (unpaired) electrons. The number of hydrogen-bond donors (Lipinski definition) is 3. The Morgan fingerprint density at radius 1 is 1.48 bits per heavy atom. The highest BCUT2D eigenvalue weighted by Gasteiger charge is 2.18. The Labute approximate surface area is 154 Å². The number of nitrogens with one attached hydrogen (secondary N) is 2. The van der Waals surface area contributed by atoms with Crippen molar-refractivity contribution in [3.63, 3.8) is 0 Å². The van der Waals surface area contributed by atoms with Gasteiger partial charge in [0, 0.05) is 48.5 Å². The summed E-state index contributed by atoms with van der Waals surface area (Å²) < 4.78 is 25.8. The van der Waals surface area contributed by atoms with Crippen molar-refractivity contribution in [3.8, 4) is 0 Å². The monoisotopic (exact) mass is 384 g/mol. The van der Waals surface area contributed by atoms with Gasteiger partial charge < -0.3 is 21.4 Å². The van der Waals surface area contributed by atoms with Crippen LogP contribution in [0.25, 0.3) is 0 Å². The first-order valence-electron chi connectivity index (χ1n) is 7.69. The minimum atomic E-state index is -0.794. The number of hydrogen-bond acceptors (Lipinski definition) is 6. The third-order valence-electron chi connectivity index (χ3n) is 3.64. The second kappa shape index (κ2) is 9.42. The molecule has 2 rings (SSSR count). The van der Waals surface area contributed by atoms with Gasteiger partial charge in [0.1, 0.15) is 5.82 Å². The number of rotatable bonds is 5. The van der Waals surface area contributed by atoms with Crippen LogP contribution in [0.3, 0.4) is 0 Å². The smallest absolute Gasteiger partial charge is 0.166 e. The fourth-order valence-corrected chi connectivity index (χ4v) is 3.37. The predicted molar refractivity (Wildman–Crippen MR) is 106 cm³/mol. The summed E-state index contributed by atoms with van der Waals surface area (Å²) in [6.45, 7) is 1.49. The lowest BCUT2D eigenvalue weighted by atomic mass is 10.2. The fraction of sp³-hybridized carbons (Fsp3) is 0.400. The molecule has 25 heavy (non-hydrogen) atoms. The number of hydrazone groups is 1. The van der Waals surface area contributed by atoms with Gasteiger partial charge in [-0.25, -0.2) is 4.39 Å². The van der Waals surface area contributed by atoms with Gasteiger partial charge in [0.25, 0.3) is 0 Å². The lowest BCUT2D eigenvalue weighted by molar-refractivity contribution is 0.617. The van der Waals surface area contributed by atoms with E-state index in [4.69, 9.17) is 18.1 Å². The Kier molecular flexibility index (Phi) is 7.26. The van der Waals surface area contributed by atoms with Crippen molar-refractivity contribution in [2.45, 2.75) is 0 Å².